The van der Waals surface area contributed by atoms with Crippen molar-refractivity contribution < 1.29 is 14.2 Å². The lowest BCUT2D eigenvalue weighted by molar-refractivity contribution is 0.288. The number of hydrogen-bond donors (Lipinski definition) is 2. The average molecular weight is 368 g/mol. The average Bonchev–Trinajstić information content (AvgIpc) is 3.19. The molecule has 0 spiro atoms. The molecule has 0 aliphatic heterocycles. The summed E-state index contributed by atoms with van der Waals surface area (Å²) in [6.45, 7) is 4.98. The third kappa shape index (κ3) is 4.20. The van der Waals surface area contributed by atoms with Gasteiger partial charge in [-0.15, -0.1) is 0 Å². The van der Waals surface area contributed by atoms with E-state index in [0.29, 0.717) is 36.4 Å². The molecule has 2 aromatic carbocycles. The summed E-state index contributed by atoms with van der Waals surface area (Å²) >= 11 is 0. The number of nitrogens with zero attached hydrogens (tertiary/aromatic N) is 2. The van der Waals surface area contributed by atoms with Crippen molar-refractivity contribution in [3.8, 4) is 28.6 Å². The van der Waals surface area contributed by atoms with Crippen LogP contribution in [0, 0.1) is 0 Å². The first-order valence-corrected chi connectivity index (χ1v) is 8.88. The molecule has 7 heteroatoms. The maximum absolute atomic E-state index is 6.34. The van der Waals surface area contributed by atoms with Crippen LogP contribution in [0.15, 0.2) is 42.5 Å². The van der Waals surface area contributed by atoms with Crippen molar-refractivity contribution in [3.63, 3.8) is 0 Å². The van der Waals surface area contributed by atoms with Crippen molar-refractivity contribution in [1.29, 1.82) is 0 Å². The number of aromatic nitrogens is 3. The molecule has 0 amide bonds. The SMILES string of the molecule is CCOc1ccc(-c2n[nH]c(C(N)c3cccc(OC)c3)n2)cc1OCC. The zero-order valence-corrected chi connectivity index (χ0v) is 15.7. The second-order valence-corrected chi connectivity index (χ2v) is 5.83. The number of methoxy groups -OCH3 is 1. The van der Waals surface area contributed by atoms with E-state index in [1.54, 1.807) is 7.11 Å². The molecule has 142 valence electrons. The highest BCUT2D eigenvalue weighted by molar-refractivity contribution is 5.61. The lowest BCUT2D eigenvalue weighted by Gasteiger charge is -2.11. The predicted octanol–water partition coefficient (Wildman–Crippen LogP) is 3.33. The van der Waals surface area contributed by atoms with E-state index in [-0.39, 0.29) is 0 Å². The van der Waals surface area contributed by atoms with Crippen molar-refractivity contribution in [2.45, 2.75) is 19.9 Å². The molecular weight excluding hydrogens is 344 g/mol. The van der Waals surface area contributed by atoms with Crippen LogP contribution in [0.25, 0.3) is 11.4 Å². The number of aromatic amines is 1. The Morgan fingerprint density at radius 3 is 2.56 bits per heavy atom. The summed E-state index contributed by atoms with van der Waals surface area (Å²) in [6, 6.07) is 12.8. The van der Waals surface area contributed by atoms with Gasteiger partial charge in [-0.25, -0.2) is 4.98 Å². The van der Waals surface area contributed by atoms with Gasteiger partial charge in [-0.05, 0) is 49.7 Å². The van der Waals surface area contributed by atoms with Gasteiger partial charge in [0.15, 0.2) is 17.3 Å². The molecule has 1 atom stereocenters. The van der Waals surface area contributed by atoms with Gasteiger partial charge < -0.3 is 19.9 Å². The summed E-state index contributed by atoms with van der Waals surface area (Å²) in [7, 11) is 1.62. The molecule has 0 radical (unpaired) electrons. The Bertz CT molecular complexity index is 894. The van der Waals surface area contributed by atoms with Crippen molar-refractivity contribution >= 4 is 0 Å². The van der Waals surface area contributed by atoms with Gasteiger partial charge in [-0.3, -0.25) is 5.10 Å². The zero-order chi connectivity index (χ0) is 19.2. The van der Waals surface area contributed by atoms with Gasteiger partial charge in [0.2, 0.25) is 0 Å². The standard InChI is InChI=1S/C20H24N4O3/c1-4-26-16-10-9-14(12-17(16)27-5-2)19-22-20(24-23-19)18(21)13-7-6-8-15(11-13)25-3/h6-12,18H,4-5,21H2,1-3H3,(H,22,23,24). The molecule has 1 unspecified atom stereocenters. The van der Waals surface area contributed by atoms with E-state index in [2.05, 4.69) is 15.2 Å². The van der Waals surface area contributed by atoms with Gasteiger partial charge in [0.25, 0.3) is 0 Å². The molecule has 27 heavy (non-hydrogen) atoms. The molecule has 0 saturated heterocycles. The fourth-order valence-electron chi connectivity index (χ4n) is 2.73. The third-order valence-electron chi connectivity index (χ3n) is 4.05. The van der Waals surface area contributed by atoms with E-state index in [1.807, 2.05) is 56.3 Å². The van der Waals surface area contributed by atoms with Crippen LogP contribution in [-0.2, 0) is 0 Å². The minimum atomic E-state index is -0.435. The zero-order valence-electron chi connectivity index (χ0n) is 15.7. The highest BCUT2D eigenvalue weighted by Gasteiger charge is 2.16. The van der Waals surface area contributed by atoms with E-state index >= 15 is 0 Å². The van der Waals surface area contributed by atoms with Crippen LogP contribution in [-0.4, -0.2) is 35.5 Å². The smallest absolute Gasteiger partial charge is 0.181 e. The van der Waals surface area contributed by atoms with E-state index in [1.165, 1.54) is 0 Å². The van der Waals surface area contributed by atoms with Gasteiger partial charge in [0, 0.05) is 5.56 Å². The summed E-state index contributed by atoms with van der Waals surface area (Å²) in [4.78, 5) is 4.56. The molecule has 3 N–H and O–H groups in total. The van der Waals surface area contributed by atoms with Crippen LogP contribution in [0.4, 0.5) is 0 Å². The Balaban J connectivity index is 1.87. The van der Waals surface area contributed by atoms with Crippen molar-refractivity contribution in [3.05, 3.63) is 53.9 Å². The Kier molecular flexibility index (Phi) is 5.93. The van der Waals surface area contributed by atoms with Crippen LogP contribution in [0.1, 0.15) is 31.3 Å². The molecule has 0 fully saturated rings. The first kappa shape index (κ1) is 18.7. The van der Waals surface area contributed by atoms with Crippen LogP contribution >= 0.6 is 0 Å². The molecule has 3 aromatic rings. The van der Waals surface area contributed by atoms with Crippen molar-refractivity contribution in [1.82, 2.24) is 15.2 Å². The van der Waals surface area contributed by atoms with Crippen LogP contribution in [0.3, 0.4) is 0 Å². The molecule has 1 heterocycles. The normalized spacial score (nSPS) is 11.9. The minimum Gasteiger partial charge on any atom is -0.497 e. The highest BCUT2D eigenvalue weighted by atomic mass is 16.5. The highest BCUT2D eigenvalue weighted by Crippen LogP contribution is 2.32. The summed E-state index contributed by atoms with van der Waals surface area (Å²) < 4.78 is 16.5. The number of hydrogen-bond acceptors (Lipinski definition) is 6. The molecule has 7 nitrogen and oxygen atoms in total. The third-order valence-corrected chi connectivity index (χ3v) is 4.05. The van der Waals surface area contributed by atoms with Gasteiger partial charge in [0.05, 0.1) is 26.4 Å². The quantitative estimate of drug-likeness (QED) is 0.633. The molecule has 0 aliphatic rings. The molecule has 3 rings (SSSR count). The maximum Gasteiger partial charge on any atom is 0.181 e. The lowest BCUT2D eigenvalue weighted by atomic mass is 10.1. The maximum atomic E-state index is 6.34. The van der Waals surface area contributed by atoms with Gasteiger partial charge >= 0.3 is 0 Å². The minimum absolute atomic E-state index is 0.435. The first-order chi connectivity index (χ1) is 13.2. The van der Waals surface area contributed by atoms with Gasteiger partial charge in [0.1, 0.15) is 11.6 Å². The van der Waals surface area contributed by atoms with Crippen LogP contribution in [0.5, 0.6) is 17.2 Å². The van der Waals surface area contributed by atoms with Crippen molar-refractivity contribution in [2.24, 2.45) is 5.73 Å². The fourth-order valence-corrected chi connectivity index (χ4v) is 2.73. The van der Waals surface area contributed by atoms with Gasteiger partial charge in [-0.1, -0.05) is 12.1 Å². The Labute approximate surface area is 158 Å². The van der Waals surface area contributed by atoms with E-state index in [4.69, 9.17) is 19.9 Å². The molecule has 1 aromatic heterocycles. The predicted molar refractivity (Wildman–Crippen MR) is 103 cm³/mol. The van der Waals surface area contributed by atoms with E-state index in [9.17, 15) is 0 Å². The summed E-state index contributed by atoms with van der Waals surface area (Å²) in [5, 5.41) is 7.24. The van der Waals surface area contributed by atoms with Crippen LogP contribution in [0.2, 0.25) is 0 Å². The fraction of sp³-hybridized carbons (Fsp3) is 0.300. The molecular formula is C20H24N4O3. The summed E-state index contributed by atoms with van der Waals surface area (Å²) in [6.07, 6.45) is 0. The van der Waals surface area contributed by atoms with Crippen LogP contribution < -0.4 is 19.9 Å². The van der Waals surface area contributed by atoms with Crippen molar-refractivity contribution in [2.75, 3.05) is 20.3 Å². The lowest BCUT2D eigenvalue weighted by Crippen LogP contribution is -2.13. The molecule has 0 bridgehead atoms. The number of ether oxygens (including phenoxy) is 3. The Morgan fingerprint density at radius 2 is 1.81 bits per heavy atom. The van der Waals surface area contributed by atoms with E-state index < -0.39 is 6.04 Å². The number of benzene rings is 2. The number of H-pyrrole nitrogens is 1. The number of rotatable bonds is 8. The number of nitrogens with two attached hydrogens (primary N) is 1. The Hall–Kier alpha value is -3.06. The summed E-state index contributed by atoms with van der Waals surface area (Å²) in [5.41, 5.74) is 8.05. The first-order valence-electron chi connectivity index (χ1n) is 8.88. The summed E-state index contributed by atoms with van der Waals surface area (Å²) in [5.74, 6) is 3.24. The monoisotopic (exact) mass is 368 g/mol. The Morgan fingerprint density at radius 1 is 1.04 bits per heavy atom. The largest absolute Gasteiger partial charge is 0.497 e. The molecule has 0 saturated carbocycles. The van der Waals surface area contributed by atoms with E-state index in [0.717, 1.165) is 16.9 Å². The topological polar surface area (TPSA) is 95.3 Å². The van der Waals surface area contributed by atoms with Gasteiger partial charge in [-0.2, -0.15) is 5.10 Å². The molecule has 0 aliphatic carbocycles. The second-order valence-electron chi connectivity index (χ2n) is 5.83. The second kappa shape index (κ2) is 8.55. The number of nitrogens with one attached hydrogen (secondary N) is 1.